The van der Waals surface area contributed by atoms with Crippen LogP contribution in [-0.4, -0.2) is 18.6 Å². The Labute approximate surface area is 118 Å². The molecule has 0 bridgehead atoms. The third kappa shape index (κ3) is 3.30. The molecule has 0 radical (unpaired) electrons. The largest absolute Gasteiger partial charge is 0.371 e. The molecular weight excluding hydrogens is 232 g/mol. The summed E-state index contributed by atoms with van der Waals surface area (Å²) in [7, 11) is 0. The zero-order valence-electron chi connectivity index (χ0n) is 13.1. The van der Waals surface area contributed by atoms with Crippen LogP contribution in [0.25, 0.3) is 0 Å². The molecule has 0 aliphatic carbocycles. The van der Waals surface area contributed by atoms with Gasteiger partial charge in [0.2, 0.25) is 0 Å². The fourth-order valence-corrected chi connectivity index (χ4v) is 2.74. The van der Waals surface area contributed by atoms with E-state index in [-0.39, 0.29) is 11.0 Å². The Balaban J connectivity index is 2.19. The van der Waals surface area contributed by atoms with Gasteiger partial charge in [0.15, 0.2) is 0 Å². The number of benzene rings is 1. The molecule has 2 nitrogen and oxygen atoms in total. The number of piperidine rings is 1. The van der Waals surface area contributed by atoms with Gasteiger partial charge in [-0.2, -0.15) is 0 Å². The molecule has 1 aliphatic heterocycles. The van der Waals surface area contributed by atoms with E-state index in [4.69, 9.17) is 5.73 Å². The molecule has 0 spiro atoms. The van der Waals surface area contributed by atoms with E-state index in [9.17, 15) is 0 Å². The minimum atomic E-state index is 0.0236. The highest BCUT2D eigenvalue weighted by atomic mass is 15.1. The fraction of sp³-hybridized carbons (Fsp3) is 0.647. The first kappa shape index (κ1) is 14.4. The van der Waals surface area contributed by atoms with Gasteiger partial charge in [0.25, 0.3) is 0 Å². The van der Waals surface area contributed by atoms with Gasteiger partial charge in [-0.3, -0.25) is 0 Å². The maximum Gasteiger partial charge on any atom is 0.0396 e. The summed E-state index contributed by atoms with van der Waals surface area (Å²) >= 11 is 0. The van der Waals surface area contributed by atoms with Gasteiger partial charge in [-0.1, -0.05) is 32.9 Å². The quantitative estimate of drug-likeness (QED) is 0.836. The second kappa shape index (κ2) is 4.82. The minimum Gasteiger partial charge on any atom is -0.371 e. The van der Waals surface area contributed by atoms with Crippen molar-refractivity contribution in [2.45, 2.75) is 58.4 Å². The molecule has 0 saturated carbocycles. The topological polar surface area (TPSA) is 29.3 Å². The second-order valence-corrected chi connectivity index (χ2v) is 7.39. The summed E-state index contributed by atoms with van der Waals surface area (Å²) in [5.74, 6) is 0. The first-order valence-corrected chi connectivity index (χ1v) is 7.34. The van der Waals surface area contributed by atoms with Crippen LogP contribution in [0.2, 0.25) is 0 Å². The molecule has 1 aromatic rings. The lowest BCUT2D eigenvalue weighted by Crippen LogP contribution is -2.48. The van der Waals surface area contributed by atoms with Crippen LogP contribution in [0, 0.1) is 6.92 Å². The number of nitrogens with two attached hydrogens (primary N) is 1. The van der Waals surface area contributed by atoms with Crippen molar-refractivity contribution in [3.8, 4) is 0 Å². The number of rotatable bonds is 1. The van der Waals surface area contributed by atoms with Gasteiger partial charge in [-0.15, -0.1) is 0 Å². The standard InChI is InChI=1S/C17H28N2/c1-13-12-14(16(2,3)4)6-7-15(13)19-10-8-17(5,18)9-11-19/h6-7,12H,8-11,18H2,1-5H3. The van der Waals surface area contributed by atoms with E-state index in [1.165, 1.54) is 16.8 Å². The van der Waals surface area contributed by atoms with Crippen molar-refractivity contribution in [2.24, 2.45) is 5.73 Å². The third-order valence-corrected chi connectivity index (χ3v) is 4.31. The average molecular weight is 260 g/mol. The van der Waals surface area contributed by atoms with Crippen molar-refractivity contribution >= 4 is 5.69 Å². The van der Waals surface area contributed by atoms with Gasteiger partial charge in [-0.05, 0) is 49.3 Å². The zero-order valence-corrected chi connectivity index (χ0v) is 13.1. The molecule has 1 aromatic carbocycles. The molecule has 2 heteroatoms. The number of nitrogens with zero attached hydrogens (tertiary/aromatic N) is 1. The van der Waals surface area contributed by atoms with Crippen LogP contribution in [0.4, 0.5) is 5.69 Å². The van der Waals surface area contributed by atoms with Crippen molar-refractivity contribution in [3.05, 3.63) is 29.3 Å². The van der Waals surface area contributed by atoms with E-state index < -0.39 is 0 Å². The highest BCUT2D eigenvalue weighted by molar-refractivity contribution is 5.55. The maximum atomic E-state index is 6.21. The summed E-state index contributed by atoms with van der Waals surface area (Å²) < 4.78 is 0. The molecule has 1 aliphatic rings. The van der Waals surface area contributed by atoms with Crippen molar-refractivity contribution in [2.75, 3.05) is 18.0 Å². The lowest BCUT2D eigenvalue weighted by Gasteiger charge is -2.39. The molecule has 0 amide bonds. The molecule has 106 valence electrons. The molecule has 1 fully saturated rings. The Morgan fingerprint density at radius 3 is 2.21 bits per heavy atom. The Bertz CT molecular complexity index is 445. The molecule has 2 rings (SSSR count). The number of hydrogen-bond acceptors (Lipinski definition) is 2. The van der Waals surface area contributed by atoms with Crippen molar-refractivity contribution in [3.63, 3.8) is 0 Å². The summed E-state index contributed by atoms with van der Waals surface area (Å²) in [5, 5.41) is 0. The number of anilines is 1. The maximum absolute atomic E-state index is 6.21. The lowest BCUT2D eigenvalue weighted by molar-refractivity contribution is 0.364. The Hall–Kier alpha value is -1.02. The van der Waals surface area contributed by atoms with Gasteiger partial charge < -0.3 is 10.6 Å². The molecule has 0 aromatic heterocycles. The average Bonchev–Trinajstić information content (AvgIpc) is 2.28. The van der Waals surface area contributed by atoms with Crippen molar-refractivity contribution < 1.29 is 0 Å². The van der Waals surface area contributed by atoms with Crippen LogP contribution in [0.15, 0.2) is 18.2 Å². The molecule has 1 saturated heterocycles. The zero-order chi connectivity index (χ0) is 14.3. The SMILES string of the molecule is Cc1cc(C(C)(C)C)ccc1N1CCC(C)(N)CC1. The van der Waals surface area contributed by atoms with E-state index in [1.54, 1.807) is 0 Å². The number of hydrogen-bond donors (Lipinski definition) is 1. The predicted octanol–water partition coefficient (Wildman–Crippen LogP) is 3.61. The predicted molar refractivity (Wildman–Crippen MR) is 83.9 cm³/mol. The van der Waals surface area contributed by atoms with E-state index >= 15 is 0 Å². The summed E-state index contributed by atoms with van der Waals surface area (Å²) in [6, 6.07) is 6.90. The number of aryl methyl sites for hydroxylation is 1. The highest BCUT2D eigenvalue weighted by Gasteiger charge is 2.26. The van der Waals surface area contributed by atoms with Crippen LogP contribution in [0.3, 0.4) is 0 Å². The third-order valence-electron chi connectivity index (χ3n) is 4.31. The van der Waals surface area contributed by atoms with Gasteiger partial charge in [0.05, 0.1) is 0 Å². The van der Waals surface area contributed by atoms with E-state index in [0.717, 1.165) is 25.9 Å². The lowest BCUT2D eigenvalue weighted by atomic mass is 9.85. The van der Waals surface area contributed by atoms with E-state index in [2.05, 4.69) is 57.7 Å². The summed E-state index contributed by atoms with van der Waals surface area (Å²) in [6.07, 6.45) is 2.15. The fourth-order valence-electron chi connectivity index (χ4n) is 2.74. The summed E-state index contributed by atoms with van der Waals surface area (Å²) in [4.78, 5) is 2.48. The molecule has 19 heavy (non-hydrogen) atoms. The van der Waals surface area contributed by atoms with Gasteiger partial charge in [0.1, 0.15) is 0 Å². The van der Waals surface area contributed by atoms with Crippen LogP contribution in [0.5, 0.6) is 0 Å². The highest BCUT2D eigenvalue weighted by Crippen LogP contribution is 2.30. The first-order valence-electron chi connectivity index (χ1n) is 7.34. The normalized spacial score (nSPS) is 19.6. The Kier molecular flexibility index (Phi) is 3.65. The van der Waals surface area contributed by atoms with E-state index in [1.807, 2.05) is 0 Å². The molecule has 2 N–H and O–H groups in total. The monoisotopic (exact) mass is 260 g/mol. The van der Waals surface area contributed by atoms with Crippen molar-refractivity contribution in [1.82, 2.24) is 0 Å². The van der Waals surface area contributed by atoms with Gasteiger partial charge in [0, 0.05) is 24.3 Å². The second-order valence-electron chi connectivity index (χ2n) is 7.39. The van der Waals surface area contributed by atoms with Gasteiger partial charge >= 0.3 is 0 Å². The first-order chi connectivity index (χ1) is 8.69. The van der Waals surface area contributed by atoms with Crippen molar-refractivity contribution in [1.29, 1.82) is 0 Å². The molecule has 1 heterocycles. The molecular formula is C17H28N2. The van der Waals surface area contributed by atoms with Crippen LogP contribution in [-0.2, 0) is 5.41 Å². The Morgan fingerprint density at radius 2 is 1.74 bits per heavy atom. The molecule has 0 unspecified atom stereocenters. The molecule has 0 atom stereocenters. The van der Waals surface area contributed by atoms with Crippen LogP contribution in [0.1, 0.15) is 51.7 Å². The van der Waals surface area contributed by atoms with Crippen LogP contribution < -0.4 is 10.6 Å². The van der Waals surface area contributed by atoms with E-state index in [0.29, 0.717) is 0 Å². The summed E-state index contributed by atoms with van der Waals surface area (Å²) in [6.45, 7) is 13.3. The van der Waals surface area contributed by atoms with Crippen LogP contribution >= 0.6 is 0 Å². The van der Waals surface area contributed by atoms with Gasteiger partial charge in [-0.25, -0.2) is 0 Å². The minimum absolute atomic E-state index is 0.0236. The Morgan fingerprint density at radius 1 is 1.16 bits per heavy atom. The summed E-state index contributed by atoms with van der Waals surface area (Å²) in [5.41, 5.74) is 10.6. The smallest absolute Gasteiger partial charge is 0.0396 e.